The van der Waals surface area contributed by atoms with Crippen molar-refractivity contribution in [2.24, 2.45) is 0 Å². The first-order valence-corrected chi connectivity index (χ1v) is 5.97. The molecule has 0 spiro atoms. The van der Waals surface area contributed by atoms with Gasteiger partial charge >= 0.3 is 0 Å². The zero-order valence-corrected chi connectivity index (χ0v) is 8.43. The number of hydrogen-bond donors (Lipinski definition) is 2. The van der Waals surface area contributed by atoms with E-state index < -0.39 is 9.05 Å². The topological polar surface area (TPSA) is 88.8 Å². The Bertz CT molecular complexity index is 590. The van der Waals surface area contributed by atoms with Gasteiger partial charge in [0.15, 0.2) is 0 Å². The number of aromatic nitrogens is 2. The van der Waals surface area contributed by atoms with Crippen LogP contribution in [0.25, 0.3) is 11.0 Å². The van der Waals surface area contributed by atoms with E-state index in [-0.39, 0.29) is 16.1 Å². The number of nitrogens with zero attached hydrogens (tertiary/aromatic N) is 1. The molecule has 14 heavy (non-hydrogen) atoms. The Morgan fingerprint density at radius 2 is 2.14 bits per heavy atom. The average Bonchev–Trinajstić information content (AvgIpc) is 2.48. The number of halogens is 1. The summed E-state index contributed by atoms with van der Waals surface area (Å²) in [6.45, 7) is 0. The molecule has 0 radical (unpaired) electrons. The van der Waals surface area contributed by atoms with E-state index in [1.165, 1.54) is 12.4 Å². The van der Waals surface area contributed by atoms with E-state index in [0.717, 1.165) is 0 Å². The van der Waals surface area contributed by atoms with Gasteiger partial charge in [0.05, 0.1) is 17.5 Å². The van der Waals surface area contributed by atoms with Gasteiger partial charge < -0.3 is 10.7 Å². The molecule has 0 aliphatic carbocycles. The number of imidazole rings is 1. The second-order valence-electron chi connectivity index (χ2n) is 2.72. The molecule has 0 aliphatic rings. The molecule has 0 atom stereocenters. The first-order chi connectivity index (χ1) is 6.50. The Kier molecular flexibility index (Phi) is 1.90. The van der Waals surface area contributed by atoms with Crippen LogP contribution < -0.4 is 5.73 Å². The number of aromatic amines is 1. The van der Waals surface area contributed by atoms with Crippen LogP contribution in [0.15, 0.2) is 23.4 Å². The number of rotatable bonds is 1. The van der Waals surface area contributed by atoms with E-state index >= 15 is 0 Å². The zero-order valence-electron chi connectivity index (χ0n) is 6.86. The summed E-state index contributed by atoms with van der Waals surface area (Å²) in [5, 5.41) is 0. The van der Waals surface area contributed by atoms with Crippen LogP contribution in [0.3, 0.4) is 0 Å². The molecule has 0 saturated heterocycles. The Morgan fingerprint density at radius 1 is 1.43 bits per heavy atom. The third kappa shape index (κ3) is 1.32. The summed E-state index contributed by atoms with van der Waals surface area (Å²) in [5.41, 5.74) is 6.46. The van der Waals surface area contributed by atoms with Crippen molar-refractivity contribution in [1.29, 1.82) is 0 Å². The van der Waals surface area contributed by atoms with Crippen LogP contribution in [0, 0.1) is 0 Å². The molecule has 2 aromatic rings. The second-order valence-corrected chi connectivity index (χ2v) is 5.22. The monoisotopic (exact) mass is 231 g/mol. The molecule has 1 heterocycles. The number of anilines is 1. The summed E-state index contributed by atoms with van der Waals surface area (Å²) in [4.78, 5) is 6.48. The molecule has 0 unspecified atom stereocenters. The molecule has 5 nitrogen and oxygen atoms in total. The van der Waals surface area contributed by atoms with Crippen molar-refractivity contribution in [3.8, 4) is 0 Å². The number of nitrogens with two attached hydrogens (primary N) is 1. The minimum Gasteiger partial charge on any atom is -0.398 e. The van der Waals surface area contributed by atoms with Crippen molar-refractivity contribution in [2.45, 2.75) is 4.90 Å². The van der Waals surface area contributed by atoms with Gasteiger partial charge in [-0.25, -0.2) is 13.4 Å². The van der Waals surface area contributed by atoms with E-state index in [9.17, 15) is 8.42 Å². The molecule has 0 aliphatic heterocycles. The molecule has 0 amide bonds. The van der Waals surface area contributed by atoms with E-state index in [2.05, 4.69) is 9.97 Å². The highest BCUT2D eigenvalue weighted by atomic mass is 35.7. The molecular weight excluding hydrogens is 226 g/mol. The summed E-state index contributed by atoms with van der Waals surface area (Å²) >= 11 is 0. The van der Waals surface area contributed by atoms with Gasteiger partial charge in [0.1, 0.15) is 10.4 Å². The maximum atomic E-state index is 11.2. The normalized spacial score (nSPS) is 12.1. The summed E-state index contributed by atoms with van der Waals surface area (Å²) in [6.07, 6.45) is 1.38. The van der Waals surface area contributed by atoms with Gasteiger partial charge in [-0.1, -0.05) is 0 Å². The number of benzene rings is 1. The molecule has 7 heteroatoms. The third-order valence-electron chi connectivity index (χ3n) is 1.82. The van der Waals surface area contributed by atoms with Gasteiger partial charge in [0.2, 0.25) is 0 Å². The Balaban J connectivity index is 2.98. The van der Waals surface area contributed by atoms with E-state index in [4.69, 9.17) is 16.4 Å². The Morgan fingerprint density at radius 3 is 2.79 bits per heavy atom. The molecule has 1 aromatic carbocycles. The second kappa shape index (κ2) is 2.86. The standard InChI is InChI=1S/C7H6ClN3O2S/c8-14(12,13)7-4(9)1-2-5-6(7)11-3-10-5/h1-3H,9H2,(H,10,11). The summed E-state index contributed by atoms with van der Waals surface area (Å²) in [5.74, 6) is 0. The fourth-order valence-corrected chi connectivity index (χ4v) is 2.48. The van der Waals surface area contributed by atoms with Crippen molar-refractivity contribution in [3.05, 3.63) is 18.5 Å². The molecule has 0 bridgehead atoms. The van der Waals surface area contributed by atoms with Gasteiger partial charge in [-0.2, -0.15) is 0 Å². The van der Waals surface area contributed by atoms with E-state index in [0.29, 0.717) is 5.52 Å². The Labute approximate surface area is 84.3 Å². The quantitative estimate of drug-likeness (QED) is 0.568. The lowest BCUT2D eigenvalue weighted by molar-refractivity contribution is 0.610. The van der Waals surface area contributed by atoms with Gasteiger partial charge in [0.25, 0.3) is 9.05 Å². The summed E-state index contributed by atoms with van der Waals surface area (Å²) in [7, 11) is 1.37. The summed E-state index contributed by atoms with van der Waals surface area (Å²) in [6, 6.07) is 3.11. The zero-order chi connectivity index (χ0) is 10.3. The third-order valence-corrected chi connectivity index (χ3v) is 3.20. The van der Waals surface area contributed by atoms with Crippen LogP contribution in [0.2, 0.25) is 0 Å². The fraction of sp³-hybridized carbons (Fsp3) is 0. The van der Waals surface area contributed by atoms with Crippen LogP contribution in [0.1, 0.15) is 0 Å². The van der Waals surface area contributed by atoms with Gasteiger partial charge in [0, 0.05) is 10.7 Å². The first kappa shape index (κ1) is 9.29. The number of hydrogen-bond acceptors (Lipinski definition) is 4. The van der Waals surface area contributed by atoms with Crippen LogP contribution >= 0.6 is 10.7 Å². The highest BCUT2D eigenvalue weighted by molar-refractivity contribution is 8.14. The van der Waals surface area contributed by atoms with Crippen molar-refractivity contribution in [2.75, 3.05) is 5.73 Å². The maximum absolute atomic E-state index is 11.2. The van der Waals surface area contributed by atoms with Crippen LogP contribution in [0.5, 0.6) is 0 Å². The van der Waals surface area contributed by atoms with Crippen LogP contribution in [-0.2, 0) is 9.05 Å². The lowest BCUT2D eigenvalue weighted by Crippen LogP contribution is -1.99. The Hall–Kier alpha value is -1.27. The predicted octanol–water partition coefficient (Wildman–Crippen LogP) is 1.07. The maximum Gasteiger partial charge on any atom is 0.265 e. The lowest BCUT2D eigenvalue weighted by atomic mass is 10.3. The van der Waals surface area contributed by atoms with Crippen molar-refractivity contribution in [1.82, 2.24) is 9.97 Å². The largest absolute Gasteiger partial charge is 0.398 e. The van der Waals surface area contributed by atoms with E-state index in [1.54, 1.807) is 6.07 Å². The van der Waals surface area contributed by atoms with Crippen molar-refractivity contribution >= 4 is 36.5 Å². The van der Waals surface area contributed by atoms with Crippen LogP contribution in [-0.4, -0.2) is 18.4 Å². The average molecular weight is 232 g/mol. The highest BCUT2D eigenvalue weighted by Gasteiger charge is 2.19. The summed E-state index contributed by atoms with van der Waals surface area (Å²) < 4.78 is 22.4. The highest BCUT2D eigenvalue weighted by Crippen LogP contribution is 2.28. The number of nitrogen functional groups attached to an aromatic ring is 1. The van der Waals surface area contributed by atoms with Gasteiger partial charge in [-0.15, -0.1) is 0 Å². The predicted molar refractivity (Wildman–Crippen MR) is 53.5 cm³/mol. The number of nitrogens with one attached hydrogen (secondary N) is 1. The molecular formula is C7H6ClN3O2S. The van der Waals surface area contributed by atoms with Gasteiger partial charge in [-0.3, -0.25) is 0 Å². The number of H-pyrrole nitrogens is 1. The molecule has 1 aromatic heterocycles. The number of fused-ring (bicyclic) bond motifs is 1. The van der Waals surface area contributed by atoms with Gasteiger partial charge in [-0.05, 0) is 12.1 Å². The van der Waals surface area contributed by atoms with Crippen molar-refractivity contribution < 1.29 is 8.42 Å². The van der Waals surface area contributed by atoms with Crippen molar-refractivity contribution in [3.63, 3.8) is 0 Å². The SMILES string of the molecule is Nc1ccc2[nH]cnc2c1S(=O)(=O)Cl. The first-order valence-electron chi connectivity index (χ1n) is 3.66. The minimum atomic E-state index is -3.87. The molecule has 2 rings (SSSR count). The van der Waals surface area contributed by atoms with E-state index in [1.807, 2.05) is 0 Å². The van der Waals surface area contributed by atoms with Crippen LogP contribution in [0.4, 0.5) is 5.69 Å². The molecule has 3 N–H and O–H groups in total. The molecule has 74 valence electrons. The fourth-order valence-electron chi connectivity index (χ4n) is 1.25. The smallest absolute Gasteiger partial charge is 0.265 e. The molecule has 0 saturated carbocycles. The molecule has 0 fully saturated rings. The lowest BCUT2D eigenvalue weighted by Gasteiger charge is -2.01. The minimum absolute atomic E-state index is 0.0969.